The van der Waals surface area contributed by atoms with E-state index in [4.69, 9.17) is 0 Å². The number of aliphatic imine (C=N–C) groups is 1. The lowest BCUT2D eigenvalue weighted by molar-refractivity contribution is 0.556. The standard InChI is InChI=1S/C17H24N2/c1-6-9-13(2)16-14(17(3,4)5)12-15-18-10-7-8-11-19(15)16/h7-8,11-13H,6,9H2,1-5H3. The molecule has 0 saturated heterocycles. The fraction of sp³-hybridized carbons (Fsp3) is 0.529. The average Bonchev–Trinajstić information content (AvgIpc) is 2.54. The Morgan fingerprint density at radius 1 is 1.37 bits per heavy atom. The molecule has 2 nitrogen and oxygen atoms in total. The largest absolute Gasteiger partial charge is 0.304 e. The van der Waals surface area contributed by atoms with Gasteiger partial charge in [-0.2, -0.15) is 4.99 Å². The first kappa shape index (κ1) is 13.9. The fourth-order valence-electron chi connectivity index (χ4n) is 2.72. The number of aromatic nitrogens is 1. The third-order valence-corrected chi connectivity index (χ3v) is 3.64. The highest BCUT2D eigenvalue weighted by Gasteiger charge is 2.26. The number of hydrogen-bond acceptors (Lipinski definition) is 1. The summed E-state index contributed by atoms with van der Waals surface area (Å²) >= 11 is 0. The van der Waals surface area contributed by atoms with Crippen LogP contribution >= 0.6 is 0 Å². The van der Waals surface area contributed by atoms with Crippen LogP contribution in [0.25, 0.3) is 6.20 Å². The van der Waals surface area contributed by atoms with Crippen LogP contribution in [0.1, 0.15) is 64.6 Å². The summed E-state index contributed by atoms with van der Waals surface area (Å²) in [6, 6.07) is 2.22. The third kappa shape index (κ3) is 2.74. The molecule has 2 rings (SSSR count). The van der Waals surface area contributed by atoms with Gasteiger partial charge in [-0.25, -0.2) is 0 Å². The molecule has 0 aliphatic carbocycles. The molecule has 0 spiro atoms. The molecule has 0 N–H and O–H groups in total. The van der Waals surface area contributed by atoms with E-state index in [0.29, 0.717) is 5.92 Å². The molecule has 0 amide bonds. The van der Waals surface area contributed by atoms with Crippen molar-refractivity contribution in [2.75, 3.05) is 0 Å². The minimum Gasteiger partial charge on any atom is -0.304 e. The van der Waals surface area contributed by atoms with Crippen LogP contribution in [0.2, 0.25) is 0 Å². The molecule has 1 aliphatic heterocycles. The zero-order valence-electron chi connectivity index (χ0n) is 12.7. The molecule has 0 radical (unpaired) electrons. The van der Waals surface area contributed by atoms with E-state index >= 15 is 0 Å². The molecule has 2 heterocycles. The number of allylic oxidation sites excluding steroid dienone is 2. The Balaban J connectivity index is 2.62. The molecule has 1 aromatic heterocycles. The normalized spacial score (nSPS) is 15.4. The fourth-order valence-corrected chi connectivity index (χ4v) is 2.72. The van der Waals surface area contributed by atoms with E-state index in [-0.39, 0.29) is 5.41 Å². The van der Waals surface area contributed by atoms with E-state index in [1.807, 2.05) is 12.2 Å². The van der Waals surface area contributed by atoms with Gasteiger partial charge in [0.1, 0.15) is 5.82 Å². The molecule has 1 aliphatic rings. The Hall–Kier alpha value is -1.53. The molecular weight excluding hydrogens is 232 g/mol. The van der Waals surface area contributed by atoms with Gasteiger partial charge in [-0.05, 0) is 41.3 Å². The number of rotatable bonds is 3. The number of hydrogen-bond donors (Lipinski definition) is 0. The van der Waals surface area contributed by atoms with Crippen molar-refractivity contribution in [2.45, 2.75) is 58.8 Å². The topological polar surface area (TPSA) is 17.3 Å². The van der Waals surface area contributed by atoms with Crippen molar-refractivity contribution in [3.63, 3.8) is 0 Å². The number of fused-ring (bicyclic) bond motifs is 1. The summed E-state index contributed by atoms with van der Waals surface area (Å²) in [6.45, 7) is 11.4. The first-order valence-corrected chi connectivity index (χ1v) is 7.17. The maximum Gasteiger partial charge on any atom is 0.146 e. The summed E-state index contributed by atoms with van der Waals surface area (Å²) < 4.78 is 2.23. The van der Waals surface area contributed by atoms with Gasteiger partial charge in [0, 0.05) is 18.0 Å². The second-order valence-electron chi connectivity index (χ2n) is 6.36. The van der Waals surface area contributed by atoms with Crippen LogP contribution in [0.5, 0.6) is 0 Å². The molecule has 0 saturated carbocycles. The SMILES string of the molecule is CCCC(C)c1c(C(C)(C)C)cc2n1C=CC=C=N2. The second-order valence-corrected chi connectivity index (χ2v) is 6.36. The van der Waals surface area contributed by atoms with Crippen LogP contribution in [0.4, 0.5) is 5.82 Å². The summed E-state index contributed by atoms with van der Waals surface area (Å²) in [5.41, 5.74) is 2.95. The van der Waals surface area contributed by atoms with Crippen molar-refractivity contribution in [3.05, 3.63) is 29.5 Å². The highest BCUT2D eigenvalue weighted by Crippen LogP contribution is 2.38. The highest BCUT2D eigenvalue weighted by molar-refractivity contribution is 5.66. The van der Waals surface area contributed by atoms with Crippen LogP contribution < -0.4 is 0 Å². The van der Waals surface area contributed by atoms with Gasteiger partial charge in [-0.15, -0.1) is 0 Å². The maximum absolute atomic E-state index is 4.42. The summed E-state index contributed by atoms with van der Waals surface area (Å²) in [6.07, 6.45) is 8.39. The summed E-state index contributed by atoms with van der Waals surface area (Å²) in [7, 11) is 0. The van der Waals surface area contributed by atoms with Crippen LogP contribution in [0, 0.1) is 0 Å². The van der Waals surface area contributed by atoms with Gasteiger partial charge in [-0.3, -0.25) is 0 Å². The van der Waals surface area contributed by atoms with Gasteiger partial charge >= 0.3 is 0 Å². The van der Waals surface area contributed by atoms with E-state index in [2.05, 4.69) is 62.3 Å². The van der Waals surface area contributed by atoms with Crippen molar-refractivity contribution < 1.29 is 0 Å². The van der Waals surface area contributed by atoms with Crippen molar-refractivity contribution in [1.82, 2.24) is 4.57 Å². The van der Waals surface area contributed by atoms with Gasteiger partial charge in [0.25, 0.3) is 0 Å². The predicted octanol–water partition coefficient (Wildman–Crippen LogP) is 5.03. The Labute approximate surface area is 116 Å². The molecule has 0 aromatic carbocycles. The average molecular weight is 256 g/mol. The van der Waals surface area contributed by atoms with E-state index in [1.54, 1.807) is 0 Å². The maximum atomic E-state index is 4.42. The van der Waals surface area contributed by atoms with E-state index in [0.717, 1.165) is 5.82 Å². The molecule has 1 atom stereocenters. The van der Waals surface area contributed by atoms with Gasteiger partial charge < -0.3 is 4.57 Å². The molecule has 0 bridgehead atoms. The quantitative estimate of drug-likeness (QED) is 0.721. The smallest absolute Gasteiger partial charge is 0.146 e. The Morgan fingerprint density at radius 2 is 2.11 bits per heavy atom. The first-order chi connectivity index (χ1) is 8.95. The van der Waals surface area contributed by atoms with Crippen molar-refractivity contribution in [3.8, 4) is 0 Å². The third-order valence-electron chi connectivity index (χ3n) is 3.64. The lowest BCUT2D eigenvalue weighted by Crippen LogP contribution is -2.15. The van der Waals surface area contributed by atoms with Crippen LogP contribution in [0.3, 0.4) is 0 Å². The molecule has 1 unspecified atom stereocenters. The van der Waals surface area contributed by atoms with E-state index in [1.165, 1.54) is 24.1 Å². The van der Waals surface area contributed by atoms with E-state index < -0.39 is 0 Å². The van der Waals surface area contributed by atoms with Crippen LogP contribution in [0.15, 0.2) is 23.2 Å². The molecule has 1 aromatic rings. The summed E-state index contributed by atoms with van der Waals surface area (Å²) in [5, 5.41) is 0. The van der Waals surface area contributed by atoms with Crippen LogP contribution in [-0.2, 0) is 5.41 Å². The first-order valence-electron chi connectivity index (χ1n) is 7.17. The van der Waals surface area contributed by atoms with Gasteiger partial charge in [0.2, 0.25) is 0 Å². The molecule has 0 fully saturated rings. The Bertz CT molecular complexity index is 547. The zero-order chi connectivity index (χ0) is 14.0. The van der Waals surface area contributed by atoms with Gasteiger partial charge in [0.15, 0.2) is 0 Å². The minimum atomic E-state index is 0.142. The highest BCUT2D eigenvalue weighted by atomic mass is 15.1. The molecule has 102 valence electrons. The van der Waals surface area contributed by atoms with E-state index in [9.17, 15) is 0 Å². The van der Waals surface area contributed by atoms with Gasteiger partial charge in [-0.1, -0.05) is 41.0 Å². The van der Waals surface area contributed by atoms with Crippen LogP contribution in [-0.4, -0.2) is 10.4 Å². The molecular formula is C17H24N2. The lowest BCUT2D eigenvalue weighted by atomic mass is 9.83. The Morgan fingerprint density at radius 3 is 2.74 bits per heavy atom. The van der Waals surface area contributed by atoms with Crippen molar-refractivity contribution in [2.24, 2.45) is 4.99 Å². The molecule has 19 heavy (non-hydrogen) atoms. The predicted molar refractivity (Wildman–Crippen MR) is 83.5 cm³/mol. The lowest BCUT2D eigenvalue weighted by Gasteiger charge is -2.23. The molecule has 2 heteroatoms. The van der Waals surface area contributed by atoms with Gasteiger partial charge in [0.05, 0.1) is 0 Å². The Kier molecular flexibility index (Phi) is 3.82. The van der Waals surface area contributed by atoms with Crippen molar-refractivity contribution in [1.29, 1.82) is 0 Å². The monoisotopic (exact) mass is 256 g/mol. The number of nitrogens with zero attached hydrogens (tertiary/aromatic N) is 2. The summed E-state index contributed by atoms with van der Waals surface area (Å²) in [5.74, 6) is 4.50. The second kappa shape index (κ2) is 5.22. The summed E-state index contributed by atoms with van der Waals surface area (Å²) in [4.78, 5) is 4.42. The minimum absolute atomic E-state index is 0.142. The van der Waals surface area contributed by atoms with Crippen molar-refractivity contribution >= 4 is 17.9 Å². The zero-order valence-corrected chi connectivity index (χ0v) is 12.7.